The predicted molar refractivity (Wildman–Crippen MR) is 89.6 cm³/mol. The summed E-state index contributed by atoms with van der Waals surface area (Å²) in [5.41, 5.74) is 6.99. The standard InChI is InChI=1S/C16H13N3O3S/c17-14-9-6-10-2-1-3-13(15(10)18-14)23(22)19-12-7-4-11(5-8-12)16(20)21/h1-9,19H,(H2,17,18)(H,20,21). The summed E-state index contributed by atoms with van der Waals surface area (Å²) in [5.74, 6) is -0.654. The van der Waals surface area contributed by atoms with Crippen LogP contribution in [0.25, 0.3) is 10.9 Å². The van der Waals surface area contributed by atoms with Gasteiger partial charge < -0.3 is 15.6 Å². The third-order valence-corrected chi connectivity index (χ3v) is 4.40. The molecule has 7 heteroatoms. The van der Waals surface area contributed by atoms with Crippen molar-refractivity contribution >= 4 is 39.4 Å². The molecule has 1 atom stereocenters. The maximum atomic E-state index is 12.6. The van der Waals surface area contributed by atoms with Gasteiger partial charge in [-0.3, -0.25) is 0 Å². The molecule has 6 nitrogen and oxygen atoms in total. The van der Waals surface area contributed by atoms with Crippen LogP contribution in [0.2, 0.25) is 0 Å². The average Bonchev–Trinajstić information content (AvgIpc) is 2.54. The molecule has 1 heterocycles. The van der Waals surface area contributed by atoms with Crippen LogP contribution in [0.1, 0.15) is 10.4 Å². The van der Waals surface area contributed by atoms with E-state index in [1.807, 2.05) is 12.1 Å². The van der Waals surface area contributed by atoms with Gasteiger partial charge in [-0.15, -0.1) is 0 Å². The zero-order valence-corrected chi connectivity index (χ0v) is 12.7. The van der Waals surface area contributed by atoms with Crippen LogP contribution in [0.5, 0.6) is 0 Å². The molecule has 0 saturated carbocycles. The van der Waals surface area contributed by atoms with Gasteiger partial charge in [-0.2, -0.15) is 0 Å². The lowest BCUT2D eigenvalue weighted by atomic mass is 10.2. The first-order valence-corrected chi connectivity index (χ1v) is 7.86. The number of anilines is 2. The van der Waals surface area contributed by atoms with E-state index in [1.54, 1.807) is 30.3 Å². The zero-order chi connectivity index (χ0) is 16.4. The van der Waals surface area contributed by atoms with Crippen LogP contribution in [0, 0.1) is 0 Å². The molecule has 3 rings (SSSR count). The van der Waals surface area contributed by atoms with E-state index in [2.05, 4.69) is 9.71 Å². The topological polar surface area (TPSA) is 105 Å². The van der Waals surface area contributed by atoms with Gasteiger partial charge in [0.15, 0.2) is 11.0 Å². The number of para-hydroxylation sites is 1. The number of pyridine rings is 1. The van der Waals surface area contributed by atoms with E-state index in [0.717, 1.165) is 5.39 Å². The molecule has 0 aliphatic heterocycles. The van der Waals surface area contributed by atoms with Crippen molar-refractivity contribution in [2.45, 2.75) is 4.90 Å². The summed E-state index contributed by atoms with van der Waals surface area (Å²) in [7, 11) is -1.55. The second-order valence-electron chi connectivity index (χ2n) is 4.82. The molecule has 116 valence electrons. The number of aromatic carboxylic acids is 1. The minimum atomic E-state index is -1.55. The van der Waals surface area contributed by atoms with E-state index in [-0.39, 0.29) is 5.56 Å². The van der Waals surface area contributed by atoms with Gasteiger partial charge in [-0.25, -0.2) is 14.0 Å². The molecule has 0 spiro atoms. The third kappa shape index (κ3) is 3.14. The van der Waals surface area contributed by atoms with Gasteiger partial charge in [-0.05, 0) is 42.5 Å². The number of carboxylic acids is 1. The highest BCUT2D eigenvalue weighted by molar-refractivity contribution is 7.86. The number of nitrogens with two attached hydrogens (primary N) is 1. The lowest BCUT2D eigenvalue weighted by Crippen LogP contribution is -2.06. The molecule has 1 unspecified atom stereocenters. The van der Waals surface area contributed by atoms with Crippen molar-refractivity contribution in [1.82, 2.24) is 4.98 Å². The molecular weight excluding hydrogens is 314 g/mol. The quantitative estimate of drug-likeness (QED) is 0.683. The van der Waals surface area contributed by atoms with Gasteiger partial charge in [0.05, 0.1) is 16.0 Å². The first-order chi connectivity index (χ1) is 11.0. The summed E-state index contributed by atoms with van der Waals surface area (Å²) < 4.78 is 15.4. The van der Waals surface area contributed by atoms with Crippen LogP contribution in [0.3, 0.4) is 0 Å². The number of hydrogen-bond acceptors (Lipinski definition) is 4. The Morgan fingerprint density at radius 2 is 1.83 bits per heavy atom. The minimum Gasteiger partial charge on any atom is -0.478 e. The molecule has 2 aromatic carbocycles. The highest BCUT2D eigenvalue weighted by Crippen LogP contribution is 2.22. The van der Waals surface area contributed by atoms with Crippen LogP contribution in [-0.4, -0.2) is 20.3 Å². The second kappa shape index (κ2) is 6.05. The third-order valence-electron chi connectivity index (χ3n) is 3.25. The van der Waals surface area contributed by atoms with Crippen molar-refractivity contribution in [1.29, 1.82) is 0 Å². The summed E-state index contributed by atoms with van der Waals surface area (Å²) in [6.07, 6.45) is 0. The number of rotatable bonds is 4. The molecule has 1 aromatic heterocycles. The molecule has 3 aromatic rings. The maximum absolute atomic E-state index is 12.6. The number of benzene rings is 2. The number of carbonyl (C=O) groups is 1. The molecule has 0 amide bonds. The van der Waals surface area contributed by atoms with Crippen molar-refractivity contribution in [3.8, 4) is 0 Å². The van der Waals surface area contributed by atoms with Gasteiger partial charge in [0, 0.05) is 11.1 Å². The number of aromatic nitrogens is 1. The van der Waals surface area contributed by atoms with Gasteiger partial charge in [0.1, 0.15) is 5.82 Å². The number of nitrogens with one attached hydrogen (secondary N) is 1. The van der Waals surface area contributed by atoms with E-state index < -0.39 is 17.0 Å². The van der Waals surface area contributed by atoms with Crippen molar-refractivity contribution in [2.75, 3.05) is 10.5 Å². The Labute approximate surface area is 134 Å². The molecule has 0 aliphatic carbocycles. The Hall–Kier alpha value is -2.93. The fraction of sp³-hybridized carbons (Fsp3) is 0. The van der Waals surface area contributed by atoms with E-state index >= 15 is 0 Å². The summed E-state index contributed by atoms with van der Waals surface area (Å²) in [6.45, 7) is 0. The lowest BCUT2D eigenvalue weighted by Gasteiger charge is -2.09. The Morgan fingerprint density at radius 3 is 2.52 bits per heavy atom. The minimum absolute atomic E-state index is 0.168. The van der Waals surface area contributed by atoms with Gasteiger partial charge in [0.2, 0.25) is 0 Å². The molecule has 0 saturated heterocycles. The van der Waals surface area contributed by atoms with E-state index in [1.165, 1.54) is 12.1 Å². The van der Waals surface area contributed by atoms with Crippen LogP contribution < -0.4 is 10.5 Å². The first-order valence-electron chi connectivity index (χ1n) is 6.71. The Morgan fingerprint density at radius 1 is 1.09 bits per heavy atom. The Kier molecular flexibility index (Phi) is 3.94. The van der Waals surface area contributed by atoms with Crippen molar-refractivity contribution in [2.24, 2.45) is 0 Å². The smallest absolute Gasteiger partial charge is 0.335 e. The van der Waals surface area contributed by atoms with Crippen molar-refractivity contribution in [3.63, 3.8) is 0 Å². The Balaban J connectivity index is 1.91. The number of fused-ring (bicyclic) bond motifs is 1. The Bertz CT molecular complexity index is 910. The normalized spacial score (nSPS) is 12.0. The van der Waals surface area contributed by atoms with Gasteiger partial charge in [-0.1, -0.05) is 12.1 Å². The number of nitrogen functional groups attached to an aromatic ring is 1. The van der Waals surface area contributed by atoms with Crippen LogP contribution in [-0.2, 0) is 11.0 Å². The van der Waals surface area contributed by atoms with Crippen LogP contribution in [0.4, 0.5) is 11.5 Å². The van der Waals surface area contributed by atoms with Crippen LogP contribution in [0.15, 0.2) is 59.5 Å². The van der Waals surface area contributed by atoms with Crippen molar-refractivity contribution < 1.29 is 14.1 Å². The van der Waals surface area contributed by atoms with E-state index in [4.69, 9.17) is 10.8 Å². The fourth-order valence-corrected chi connectivity index (χ4v) is 3.13. The first kappa shape index (κ1) is 15.0. The molecular formula is C16H13N3O3S. The van der Waals surface area contributed by atoms with Gasteiger partial charge in [0.25, 0.3) is 0 Å². The maximum Gasteiger partial charge on any atom is 0.335 e. The summed E-state index contributed by atoms with van der Waals surface area (Å²) in [6, 6.07) is 14.9. The number of hydrogen-bond donors (Lipinski definition) is 3. The second-order valence-corrected chi connectivity index (χ2v) is 6.00. The molecule has 0 bridgehead atoms. The molecule has 0 aliphatic rings. The predicted octanol–water partition coefficient (Wildman–Crippen LogP) is 2.65. The zero-order valence-electron chi connectivity index (χ0n) is 11.9. The highest BCUT2D eigenvalue weighted by atomic mass is 32.2. The number of carboxylic acid groups (broad SMARTS) is 1. The molecule has 23 heavy (non-hydrogen) atoms. The summed E-state index contributed by atoms with van der Waals surface area (Å²) >= 11 is 0. The largest absolute Gasteiger partial charge is 0.478 e. The SMILES string of the molecule is Nc1ccc2cccc(S(=O)Nc3ccc(C(=O)O)cc3)c2n1. The monoisotopic (exact) mass is 327 g/mol. The molecule has 4 N–H and O–H groups in total. The van der Waals surface area contributed by atoms with E-state index in [9.17, 15) is 9.00 Å². The highest BCUT2D eigenvalue weighted by Gasteiger charge is 2.11. The number of nitrogens with zero attached hydrogens (tertiary/aromatic N) is 1. The van der Waals surface area contributed by atoms with Crippen molar-refractivity contribution in [3.05, 3.63) is 60.2 Å². The lowest BCUT2D eigenvalue weighted by molar-refractivity contribution is 0.0697. The molecule has 0 fully saturated rings. The average molecular weight is 327 g/mol. The molecule has 0 radical (unpaired) electrons. The van der Waals surface area contributed by atoms with E-state index in [0.29, 0.717) is 21.9 Å². The van der Waals surface area contributed by atoms with Gasteiger partial charge >= 0.3 is 5.97 Å². The fourth-order valence-electron chi connectivity index (χ4n) is 2.13. The van der Waals surface area contributed by atoms with Crippen LogP contribution >= 0.6 is 0 Å². The summed E-state index contributed by atoms with van der Waals surface area (Å²) in [4.78, 5) is 15.6. The summed E-state index contributed by atoms with van der Waals surface area (Å²) in [5, 5.41) is 9.72.